The highest BCUT2D eigenvalue weighted by molar-refractivity contribution is 4.80. The van der Waals surface area contributed by atoms with Crippen LogP contribution in [0.5, 0.6) is 0 Å². The summed E-state index contributed by atoms with van der Waals surface area (Å²) in [4.78, 5) is 2.44. The number of hydrogen-bond acceptors (Lipinski definition) is 2. The standard InChI is InChI=1S/C12H22N2/c1-3-11(2)9-12-5-8-14(10-12)7-4-6-13/h11-12H,3-5,7-10H2,1-2H3. The molecule has 1 heterocycles. The van der Waals surface area contributed by atoms with E-state index in [0.717, 1.165) is 18.4 Å². The van der Waals surface area contributed by atoms with Crippen molar-refractivity contribution in [1.29, 1.82) is 5.26 Å². The molecule has 0 bridgehead atoms. The van der Waals surface area contributed by atoms with E-state index in [-0.39, 0.29) is 0 Å². The SMILES string of the molecule is CCC(C)CC1CCN(CCC#N)C1. The van der Waals surface area contributed by atoms with Crippen LogP contribution in [0.2, 0.25) is 0 Å². The van der Waals surface area contributed by atoms with Crippen LogP contribution in [0.15, 0.2) is 0 Å². The topological polar surface area (TPSA) is 27.0 Å². The van der Waals surface area contributed by atoms with Crippen LogP contribution in [0.4, 0.5) is 0 Å². The first-order valence-electron chi connectivity index (χ1n) is 5.85. The lowest BCUT2D eigenvalue weighted by Crippen LogP contribution is -2.22. The Hall–Kier alpha value is -0.550. The molecule has 1 aliphatic rings. The summed E-state index contributed by atoms with van der Waals surface area (Å²) in [6.07, 6.45) is 4.71. The monoisotopic (exact) mass is 194 g/mol. The predicted octanol–water partition coefficient (Wildman–Crippen LogP) is 2.66. The Balaban J connectivity index is 2.17. The van der Waals surface area contributed by atoms with Gasteiger partial charge in [-0.05, 0) is 31.2 Å². The average molecular weight is 194 g/mol. The molecule has 14 heavy (non-hydrogen) atoms. The molecule has 0 aromatic heterocycles. The second-order valence-corrected chi connectivity index (χ2v) is 4.61. The van der Waals surface area contributed by atoms with Crippen molar-refractivity contribution in [3.05, 3.63) is 0 Å². The van der Waals surface area contributed by atoms with Gasteiger partial charge >= 0.3 is 0 Å². The predicted molar refractivity (Wildman–Crippen MR) is 58.8 cm³/mol. The molecular formula is C12H22N2. The summed E-state index contributed by atoms with van der Waals surface area (Å²) in [5.74, 6) is 1.76. The van der Waals surface area contributed by atoms with Crippen molar-refractivity contribution in [2.45, 2.75) is 39.5 Å². The molecule has 0 aliphatic carbocycles. The fourth-order valence-corrected chi connectivity index (χ4v) is 2.25. The van der Waals surface area contributed by atoms with Gasteiger partial charge in [0, 0.05) is 19.5 Å². The highest BCUT2D eigenvalue weighted by atomic mass is 15.1. The van der Waals surface area contributed by atoms with E-state index in [2.05, 4.69) is 24.8 Å². The van der Waals surface area contributed by atoms with Gasteiger partial charge in [-0.25, -0.2) is 0 Å². The van der Waals surface area contributed by atoms with Crippen LogP contribution in [-0.4, -0.2) is 24.5 Å². The molecule has 0 saturated carbocycles. The molecule has 2 nitrogen and oxygen atoms in total. The average Bonchev–Trinajstić information content (AvgIpc) is 2.62. The molecule has 80 valence electrons. The lowest BCUT2D eigenvalue weighted by molar-refractivity contribution is 0.314. The third-order valence-electron chi connectivity index (χ3n) is 3.34. The molecule has 2 heteroatoms. The van der Waals surface area contributed by atoms with Crippen LogP contribution < -0.4 is 0 Å². The van der Waals surface area contributed by atoms with Gasteiger partial charge in [-0.1, -0.05) is 20.3 Å². The molecule has 2 atom stereocenters. The molecule has 0 aromatic rings. The molecule has 0 radical (unpaired) electrons. The van der Waals surface area contributed by atoms with Crippen molar-refractivity contribution in [2.75, 3.05) is 19.6 Å². The van der Waals surface area contributed by atoms with Gasteiger partial charge in [-0.15, -0.1) is 0 Å². The van der Waals surface area contributed by atoms with Gasteiger partial charge in [0.15, 0.2) is 0 Å². The normalized spacial score (nSPS) is 24.8. The fourth-order valence-electron chi connectivity index (χ4n) is 2.25. The molecule has 2 unspecified atom stereocenters. The van der Waals surface area contributed by atoms with Crippen LogP contribution in [0, 0.1) is 23.2 Å². The third kappa shape index (κ3) is 3.67. The van der Waals surface area contributed by atoms with Gasteiger partial charge in [0.05, 0.1) is 6.07 Å². The molecule has 1 fully saturated rings. The van der Waals surface area contributed by atoms with E-state index in [0.29, 0.717) is 6.42 Å². The largest absolute Gasteiger partial charge is 0.302 e. The van der Waals surface area contributed by atoms with Crippen molar-refractivity contribution >= 4 is 0 Å². The van der Waals surface area contributed by atoms with Crippen LogP contribution in [-0.2, 0) is 0 Å². The number of nitrogens with zero attached hydrogens (tertiary/aromatic N) is 2. The van der Waals surface area contributed by atoms with Crippen LogP contribution in [0.3, 0.4) is 0 Å². The quantitative estimate of drug-likeness (QED) is 0.672. The molecular weight excluding hydrogens is 172 g/mol. The summed E-state index contributed by atoms with van der Waals surface area (Å²) in [7, 11) is 0. The second kappa shape index (κ2) is 6.03. The zero-order valence-electron chi connectivity index (χ0n) is 9.50. The summed E-state index contributed by atoms with van der Waals surface area (Å²) in [6, 6.07) is 2.22. The highest BCUT2D eigenvalue weighted by Crippen LogP contribution is 2.24. The van der Waals surface area contributed by atoms with Gasteiger partial charge in [0.1, 0.15) is 0 Å². The summed E-state index contributed by atoms with van der Waals surface area (Å²) in [6.45, 7) is 8.04. The maximum absolute atomic E-state index is 8.50. The van der Waals surface area contributed by atoms with Gasteiger partial charge in [0.2, 0.25) is 0 Å². The maximum atomic E-state index is 8.50. The van der Waals surface area contributed by atoms with Crippen molar-refractivity contribution in [1.82, 2.24) is 4.90 Å². The smallest absolute Gasteiger partial charge is 0.0635 e. The van der Waals surface area contributed by atoms with Crippen LogP contribution in [0.1, 0.15) is 39.5 Å². The van der Waals surface area contributed by atoms with Gasteiger partial charge in [-0.2, -0.15) is 5.26 Å². The first kappa shape index (κ1) is 11.5. The van der Waals surface area contributed by atoms with Gasteiger partial charge in [-0.3, -0.25) is 0 Å². The van der Waals surface area contributed by atoms with E-state index in [4.69, 9.17) is 5.26 Å². The molecule has 0 amide bonds. The fraction of sp³-hybridized carbons (Fsp3) is 0.917. The third-order valence-corrected chi connectivity index (χ3v) is 3.34. The number of hydrogen-bond donors (Lipinski definition) is 0. The number of likely N-dealkylation sites (tertiary alicyclic amines) is 1. The minimum absolute atomic E-state index is 0.691. The van der Waals surface area contributed by atoms with Crippen LogP contribution in [0.25, 0.3) is 0 Å². The van der Waals surface area contributed by atoms with E-state index in [1.165, 1.54) is 32.4 Å². The van der Waals surface area contributed by atoms with E-state index in [9.17, 15) is 0 Å². The van der Waals surface area contributed by atoms with Crippen molar-refractivity contribution in [3.8, 4) is 6.07 Å². The van der Waals surface area contributed by atoms with Gasteiger partial charge < -0.3 is 4.90 Å². The minimum atomic E-state index is 0.691. The molecule has 0 spiro atoms. The summed E-state index contributed by atoms with van der Waals surface area (Å²) in [5.41, 5.74) is 0. The lowest BCUT2D eigenvalue weighted by Gasteiger charge is -2.16. The summed E-state index contributed by atoms with van der Waals surface area (Å²) >= 11 is 0. The van der Waals surface area contributed by atoms with E-state index >= 15 is 0 Å². The Morgan fingerprint density at radius 2 is 2.36 bits per heavy atom. The molecule has 0 aromatic carbocycles. The molecule has 0 N–H and O–H groups in total. The van der Waals surface area contributed by atoms with Crippen molar-refractivity contribution in [3.63, 3.8) is 0 Å². The Morgan fingerprint density at radius 1 is 1.57 bits per heavy atom. The van der Waals surface area contributed by atoms with Crippen LogP contribution >= 0.6 is 0 Å². The molecule has 1 rings (SSSR count). The first-order valence-corrected chi connectivity index (χ1v) is 5.85. The zero-order valence-corrected chi connectivity index (χ0v) is 9.50. The molecule has 1 aliphatic heterocycles. The highest BCUT2D eigenvalue weighted by Gasteiger charge is 2.22. The Bertz CT molecular complexity index is 195. The van der Waals surface area contributed by atoms with E-state index in [1.54, 1.807) is 0 Å². The maximum Gasteiger partial charge on any atom is 0.0635 e. The van der Waals surface area contributed by atoms with Gasteiger partial charge in [0.25, 0.3) is 0 Å². The lowest BCUT2D eigenvalue weighted by atomic mass is 9.93. The Kier molecular flexibility index (Phi) is 4.97. The van der Waals surface area contributed by atoms with Crippen molar-refractivity contribution < 1.29 is 0 Å². The Labute approximate surface area is 87.9 Å². The summed E-state index contributed by atoms with van der Waals surface area (Å²) < 4.78 is 0. The zero-order chi connectivity index (χ0) is 10.4. The first-order chi connectivity index (χ1) is 6.76. The number of nitriles is 1. The Morgan fingerprint density at radius 3 is 3.00 bits per heavy atom. The van der Waals surface area contributed by atoms with Crippen molar-refractivity contribution in [2.24, 2.45) is 11.8 Å². The summed E-state index contributed by atoms with van der Waals surface area (Å²) in [5, 5.41) is 8.50. The molecule has 1 saturated heterocycles. The van der Waals surface area contributed by atoms with E-state index in [1.807, 2.05) is 0 Å². The number of rotatable bonds is 5. The second-order valence-electron chi connectivity index (χ2n) is 4.61. The van der Waals surface area contributed by atoms with E-state index < -0.39 is 0 Å². The minimum Gasteiger partial charge on any atom is -0.302 e.